The lowest BCUT2D eigenvalue weighted by Crippen LogP contribution is -2.38. The molecule has 0 aliphatic carbocycles. The van der Waals surface area contributed by atoms with Crippen molar-refractivity contribution in [2.45, 2.75) is 91.5 Å². The Balaban J connectivity index is 4.08. The number of amides is 2. The Morgan fingerprint density at radius 2 is 1.71 bits per heavy atom. The predicted octanol–water partition coefficient (Wildman–Crippen LogP) is 3.53. The molecular formula is C17H34N2O2. The van der Waals surface area contributed by atoms with Gasteiger partial charge in [-0.3, -0.25) is 9.59 Å². The summed E-state index contributed by atoms with van der Waals surface area (Å²) in [5, 5.41) is 2.97. The average molecular weight is 298 g/mol. The van der Waals surface area contributed by atoms with Crippen molar-refractivity contribution in [1.29, 1.82) is 0 Å². The molecule has 21 heavy (non-hydrogen) atoms. The zero-order valence-corrected chi connectivity index (χ0v) is 14.3. The third-order valence-electron chi connectivity index (χ3n) is 3.56. The first-order chi connectivity index (χ1) is 9.74. The molecule has 4 heteroatoms. The number of carbonyl (C=O) groups is 2. The van der Waals surface area contributed by atoms with Crippen molar-refractivity contribution in [2.75, 3.05) is 0 Å². The third kappa shape index (κ3) is 13.7. The Morgan fingerprint density at radius 3 is 2.24 bits per heavy atom. The zero-order chi connectivity index (χ0) is 16.3. The second kappa shape index (κ2) is 10.6. The topological polar surface area (TPSA) is 72.2 Å². The highest BCUT2D eigenvalue weighted by Gasteiger charge is 2.18. The van der Waals surface area contributed by atoms with E-state index in [0.29, 0.717) is 6.42 Å². The van der Waals surface area contributed by atoms with Gasteiger partial charge >= 0.3 is 0 Å². The molecule has 124 valence electrons. The normalized spacial score (nSPS) is 13.0. The number of rotatable bonds is 11. The van der Waals surface area contributed by atoms with E-state index >= 15 is 0 Å². The Morgan fingerprint density at radius 1 is 1.10 bits per heavy atom. The number of primary amides is 1. The second-order valence-electron chi connectivity index (χ2n) is 7.20. The number of hydrogen-bond acceptors (Lipinski definition) is 2. The molecule has 0 radical (unpaired) electrons. The van der Waals surface area contributed by atoms with Crippen molar-refractivity contribution >= 4 is 11.8 Å². The lowest BCUT2D eigenvalue weighted by molar-refractivity contribution is -0.122. The highest BCUT2D eigenvalue weighted by molar-refractivity contribution is 5.78. The Kier molecular flexibility index (Phi) is 10.1. The maximum atomic E-state index is 11.9. The monoisotopic (exact) mass is 298 g/mol. The van der Waals surface area contributed by atoms with E-state index in [-0.39, 0.29) is 29.7 Å². The molecule has 0 unspecified atom stereocenters. The number of nitrogens with two attached hydrogens (primary N) is 1. The van der Waals surface area contributed by atoms with E-state index in [2.05, 4.69) is 33.0 Å². The van der Waals surface area contributed by atoms with Crippen molar-refractivity contribution < 1.29 is 9.59 Å². The van der Waals surface area contributed by atoms with Crippen molar-refractivity contribution in [2.24, 2.45) is 11.1 Å². The van der Waals surface area contributed by atoms with Crippen LogP contribution in [0, 0.1) is 5.41 Å². The molecule has 3 N–H and O–H groups in total. The van der Waals surface area contributed by atoms with Crippen LogP contribution in [-0.2, 0) is 9.59 Å². The highest BCUT2D eigenvalue weighted by Crippen LogP contribution is 2.22. The molecule has 0 saturated carbocycles. The molecule has 0 aromatic heterocycles. The molecule has 0 spiro atoms. The lowest BCUT2D eigenvalue weighted by Gasteiger charge is -2.23. The van der Waals surface area contributed by atoms with Crippen LogP contribution < -0.4 is 11.1 Å². The second-order valence-corrected chi connectivity index (χ2v) is 7.20. The fourth-order valence-electron chi connectivity index (χ4n) is 2.26. The van der Waals surface area contributed by atoms with E-state index in [0.717, 1.165) is 25.7 Å². The molecule has 2 amide bonds. The summed E-state index contributed by atoms with van der Waals surface area (Å²) in [5.41, 5.74) is 5.47. The molecule has 0 rings (SSSR count). The maximum Gasteiger partial charge on any atom is 0.220 e. The molecule has 1 atom stereocenters. The van der Waals surface area contributed by atoms with Crippen LogP contribution in [0.25, 0.3) is 0 Å². The zero-order valence-electron chi connectivity index (χ0n) is 14.3. The van der Waals surface area contributed by atoms with Gasteiger partial charge in [0.1, 0.15) is 0 Å². The summed E-state index contributed by atoms with van der Waals surface area (Å²) < 4.78 is 0. The maximum absolute atomic E-state index is 11.9. The summed E-state index contributed by atoms with van der Waals surface area (Å²) in [7, 11) is 0. The van der Waals surface area contributed by atoms with Gasteiger partial charge in [-0.2, -0.15) is 0 Å². The smallest absolute Gasteiger partial charge is 0.220 e. The Bertz CT molecular complexity index is 308. The van der Waals surface area contributed by atoms with Crippen LogP contribution in [0.15, 0.2) is 0 Å². The van der Waals surface area contributed by atoms with Crippen LogP contribution in [0.1, 0.15) is 85.5 Å². The third-order valence-corrected chi connectivity index (χ3v) is 3.56. The Labute approximate surface area is 130 Å². The molecule has 0 aliphatic heterocycles. The van der Waals surface area contributed by atoms with Gasteiger partial charge < -0.3 is 11.1 Å². The van der Waals surface area contributed by atoms with Gasteiger partial charge in [0.05, 0.1) is 0 Å². The molecule has 0 saturated heterocycles. The molecule has 0 fully saturated rings. The van der Waals surface area contributed by atoms with Gasteiger partial charge in [-0.1, -0.05) is 53.4 Å². The quantitative estimate of drug-likeness (QED) is 0.573. The van der Waals surface area contributed by atoms with Crippen molar-refractivity contribution in [3.63, 3.8) is 0 Å². The standard InChI is InChI=1S/C17H34N2O2/c1-5-6-7-8-9-10-16(21)19-14(13-15(18)20)11-12-17(2,3)4/h14H,5-13H2,1-4H3,(H2,18,20)(H,19,21)/t14-/m0/s1. The van der Waals surface area contributed by atoms with E-state index in [1.165, 1.54) is 19.3 Å². The molecule has 0 aromatic rings. The molecular weight excluding hydrogens is 264 g/mol. The van der Waals surface area contributed by atoms with Gasteiger partial charge in [0, 0.05) is 18.9 Å². The highest BCUT2D eigenvalue weighted by atomic mass is 16.2. The average Bonchev–Trinajstić information content (AvgIpc) is 2.34. The first-order valence-corrected chi connectivity index (χ1v) is 8.32. The van der Waals surface area contributed by atoms with Gasteiger partial charge in [0.15, 0.2) is 0 Å². The van der Waals surface area contributed by atoms with Gasteiger partial charge in [-0.25, -0.2) is 0 Å². The fourth-order valence-corrected chi connectivity index (χ4v) is 2.26. The number of hydrogen-bond donors (Lipinski definition) is 2. The molecule has 4 nitrogen and oxygen atoms in total. The summed E-state index contributed by atoms with van der Waals surface area (Å²) in [6, 6.07) is -0.120. The summed E-state index contributed by atoms with van der Waals surface area (Å²) in [5.74, 6) is -0.302. The molecule has 0 aromatic carbocycles. The fraction of sp³-hybridized carbons (Fsp3) is 0.882. The minimum absolute atomic E-state index is 0.0478. The van der Waals surface area contributed by atoms with Crippen molar-refractivity contribution in [3.8, 4) is 0 Å². The van der Waals surface area contributed by atoms with Gasteiger partial charge in [0.25, 0.3) is 0 Å². The number of unbranched alkanes of at least 4 members (excludes halogenated alkanes) is 4. The minimum Gasteiger partial charge on any atom is -0.370 e. The van der Waals surface area contributed by atoms with Crippen LogP contribution in [0.5, 0.6) is 0 Å². The molecule has 0 aliphatic rings. The summed E-state index contributed by atoms with van der Waals surface area (Å²) in [6.45, 7) is 8.65. The van der Waals surface area contributed by atoms with Crippen LogP contribution in [0.4, 0.5) is 0 Å². The lowest BCUT2D eigenvalue weighted by atomic mass is 9.88. The van der Waals surface area contributed by atoms with E-state index in [1.807, 2.05) is 0 Å². The van der Waals surface area contributed by atoms with E-state index < -0.39 is 0 Å². The molecule has 0 heterocycles. The Hall–Kier alpha value is -1.06. The van der Waals surface area contributed by atoms with E-state index in [4.69, 9.17) is 5.73 Å². The van der Waals surface area contributed by atoms with Gasteiger partial charge in [-0.05, 0) is 24.7 Å². The minimum atomic E-state index is -0.350. The van der Waals surface area contributed by atoms with Crippen molar-refractivity contribution in [1.82, 2.24) is 5.32 Å². The van der Waals surface area contributed by atoms with Crippen molar-refractivity contribution in [3.05, 3.63) is 0 Å². The first-order valence-electron chi connectivity index (χ1n) is 8.32. The van der Waals surface area contributed by atoms with Gasteiger partial charge in [-0.15, -0.1) is 0 Å². The summed E-state index contributed by atoms with van der Waals surface area (Å²) in [4.78, 5) is 23.0. The first kappa shape index (κ1) is 19.9. The van der Waals surface area contributed by atoms with Gasteiger partial charge in [0.2, 0.25) is 11.8 Å². The predicted molar refractivity (Wildman–Crippen MR) is 87.8 cm³/mol. The summed E-state index contributed by atoms with van der Waals surface area (Å²) in [6.07, 6.45) is 8.20. The largest absolute Gasteiger partial charge is 0.370 e. The summed E-state index contributed by atoms with van der Waals surface area (Å²) >= 11 is 0. The van der Waals surface area contributed by atoms with Crippen LogP contribution >= 0.6 is 0 Å². The van der Waals surface area contributed by atoms with Crippen LogP contribution in [0.3, 0.4) is 0 Å². The van der Waals surface area contributed by atoms with Crippen LogP contribution in [-0.4, -0.2) is 17.9 Å². The van der Waals surface area contributed by atoms with Crippen LogP contribution in [0.2, 0.25) is 0 Å². The molecule has 0 bridgehead atoms. The number of carbonyl (C=O) groups excluding carboxylic acids is 2. The SMILES string of the molecule is CCCCCCCC(=O)N[C@@H](CCC(C)(C)C)CC(N)=O. The van der Waals surface area contributed by atoms with E-state index in [9.17, 15) is 9.59 Å². The number of nitrogens with one attached hydrogen (secondary N) is 1. The van der Waals surface area contributed by atoms with E-state index in [1.54, 1.807) is 0 Å².